The summed E-state index contributed by atoms with van der Waals surface area (Å²) in [5.41, 5.74) is 5.39. The fourth-order valence-corrected chi connectivity index (χ4v) is 1.29. The molecule has 0 fully saturated rings. The predicted octanol–water partition coefficient (Wildman–Crippen LogP) is 1.71. The molecule has 1 unspecified atom stereocenters. The molecule has 0 saturated heterocycles. The van der Waals surface area contributed by atoms with Gasteiger partial charge in [-0.3, -0.25) is 4.79 Å². The highest BCUT2D eigenvalue weighted by Gasteiger charge is 2.27. The number of halogens is 1. The Kier molecular flexibility index (Phi) is 10.8. The van der Waals surface area contributed by atoms with Crippen molar-refractivity contribution in [1.82, 2.24) is 5.32 Å². The maximum Gasteiger partial charge on any atom is 0.220 e. The first-order chi connectivity index (χ1) is 7.46. The van der Waals surface area contributed by atoms with Gasteiger partial charge in [-0.05, 0) is 26.2 Å². The molecule has 0 radical (unpaired) electrons. The maximum atomic E-state index is 11.7. The lowest BCUT2D eigenvalue weighted by molar-refractivity contribution is -0.123. The molecule has 0 aromatic heterocycles. The lowest BCUT2D eigenvalue weighted by atomic mass is 9.88. The number of rotatable bonds is 8. The molecule has 17 heavy (non-hydrogen) atoms. The van der Waals surface area contributed by atoms with Crippen LogP contribution in [0, 0.1) is 5.92 Å². The van der Waals surface area contributed by atoms with Gasteiger partial charge in [-0.1, -0.05) is 13.8 Å². The van der Waals surface area contributed by atoms with Crippen molar-refractivity contribution in [3.8, 4) is 0 Å². The number of nitrogens with one attached hydrogen (secondary N) is 1. The highest BCUT2D eigenvalue weighted by molar-refractivity contribution is 5.85. The first-order valence-electron chi connectivity index (χ1n) is 6.05. The molecule has 1 amide bonds. The molecule has 0 heterocycles. The molecule has 3 N–H and O–H groups in total. The van der Waals surface area contributed by atoms with Crippen LogP contribution in [0.15, 0.2) is 0 Å². The van der Waals surface area contributed by atoms with Crippen LogP contribution in [0.2, 0.25) is 0 Å². The van der Waals surface area contributed by atoms with Crippen LogP contribution in [0.1, 0.15) is 40.5 Å². The fraction of sp³-hybridized carbons (Fsp3) is 0.917. The van der Waals surface area contributed by atoms with Crippen molar-refractivity contribution in [2.75, 3.05) is 19.8 Å². The molecule has 0 rings (SSSR count). The number of hydrogen-bond acceptors (Lipinski definition) is 3. The third-order valence-electron chi connectivity index (χ3n) is 3.02. The number of carbonyl (C=O) groups excluding carboxylic acids is 1. The Balaban J connectivity index is 0. The second kappa shape index (κ2) is 9.68. The quantitative estimate of drug-likeness (QED) is 0.658. The van der Waals surface area contributed by atoms with Gasteiger partial charge in [-0.2, -0.15) is 0 Å². The van der Waals surface area contributed by atoms with E-state index in [4.69, 9.17) is 10.5 Å². The summed E-state index contributed by atoms with van der Waals surface area (Å²) in [6.45, 7) is 9.87. The first-order valence-corrected chi connectivity index (χ1v) is 6.05. The SMILES string of the molecule is CCOCCCC(=O)NC(C)(CN)C(C)C.Cl. The minimum atomic E-state index is -0.303. The lowest BCUT2D eigenvalue weighted by Gasteiger charge is -2.33. The summed E-state index contributed by atoms with van der Waals surface area (Å²) in [6, 6.07) is 0. The van der Waals surface area contributed by atoms with Crippen molar-refractivity contribution in [3.05, 3.63) is 0 Å². The Morgan fingerprint density at radius 3 is 2.47 bits per heavy atom. The van der Waals surface area contributed by atoms with Crippen molar-refractivity contribution >= 4 is 18.3 Å². The highest BCUT2D eigenvalue weighted by Crippen LogP contribution is 2.14. The molecule has 0 saturated carbocycles. The van der Waals surface area contributed by atoms with E-state index >= 15 is 0 Å². The molecule has 0 aliphatic heterocycles. The normalized spacial score (nSPS) is 14.0. The van der Waals surface area contributed by atoms with Crippen molar-refractivity contribution in [2.24, 2.45) is 11.7 Å². The van der Waals surface area contributed by atoms with Gasteiger partial charge in [0, 0.05) is 26.2 Å². The van der Waals surface area contributed by atoms with Crippen LogP contribution in [0.25, 0.3) is 0 Å². The highest BCUT2D eigenvalue weighted by atomic mass is 35.5. The summed E-state index contributed by atoms with van der Waals surface area (Å²) in [5.74, 6) is 0.384. The molecule has 5 heteroatoms. The Morgan fingerprint density at radius 1 is 1.47 bits per heavy atom. The average Bonchev–Trinajstić information content (AvgIpc) is 2.24. The molecule has 1 atom stereocenters. The molecule has 0 aromatic rings. The fourth-order valence-electron chi connectivity index (χ4n) is 1.29. The zero-order valence-corrected chi connectivity index (χ0v) is 12.2. The average molecular weight is 267 g/mol. The van der Waals surface area contributed by atoms with E-state index < -0.39 is 0 Å². The third-order valence-corrected chi connectivity index (χ3v) is 3.02. The molecular weight excluding hydrogens is 240 g/mol. The first kappa shape index (κ1) is 19.0. The van der Waals surface area contributed by atoms with Crippen molar-refractivity contribution in [2.45, 2.75) is 46.1 Å². The van der Waals surface area contributed by atoms with Crippen LogP contribution in [-0.4, -0.2) is 31.2 Å². The molecule has 104 valence electrons. The van der Waals surface area contributed by atoms with Gasteiger partial charge in [0.05, 0.1) is 5.54 Å². The summed E-state index contributed by atoms with van der Waals surface area (Å²) in [6.07, 6.45) is 1.26. The Morgan fingerprint density at radius 2 is 2.06 bits per heavy atom. The second-order valence-electron chi connectivity index (χ2n) is 4.62. The molecule has 0 aliphatic carbocycles. The summed E-state index contributed by atoms with van der Waals surface area (Å²) in [7, 11) is 0. The molecule has 0 aromatic carbocycles. The van der Waals surface area contributed by atoms with E-state index in [2.05, 4.69) is 19.2 Å². The van der Waals surface area contributed by atoms with Gasteiger partial charge in [-0.15, -0.1) is 12.4 Å². The summed E-state index contributed by atoms with van der Waals surface area (Å²) >= 11 is 0. The minimum absolute atomic E-state index is 0. The largest absolute Gasteiger partial charge is 0.382 e. The summed E-state index contributed by atoms with van der Waals surface area (Å²) in [4.78, 5) is 11.7. The van der Waals surface area contributed by atoms with E-state index in [0.717, 1.165) is 6.42 Å². The van der Waals surface area contributed by atoms with Crippen LogP contribution in [0.3, 0.4) is 0 Å². The minimum Gasteiger partial charge on any atom is -0.382 e. The van der Waals surface area contributed by atoms with Crippen molar-refractivity contribution in [1.29, 1.82) is 0 Å². The smallest absolute Gasteiger partial charge is 0.220 e. The van der Waals surface area contributed by atoms with Crippen LogP contribution in [0.5, 0.6) is 0 Å². The van der Waals surface area contributed by atoms with Crippen LogP contribution < -0.4 is 11.1 Å². The number of hydrogen-bond donors (Lipinski definition) is 2. The van der Waals surface area contributed by atoms with Crippen molar-refractivity contribution in [3.63, 3.8) is 0 Å². The zero-order chi connectivity index (χ0) is 12.6. The van der Waals surface area contributed by atoms with Crippen molar-refractivity contribution < 1.29 is 9.53 Å². The lowest BCUT2D eigenvalue weighted by Crippen LogP contribution is -2.55. The molecule has 0 spiro atoms. The Hall–Kier alpha value is -0.320. The number of nitrogens with two attached hydrogens (primary N) is 1. The molecule has 0 bridgehead atoms. The Bertz CT molecular complexity index is 213. The standard InChI is InChI=1S/C12H26N2O2.ClH/c1-5-16-8-6-7-11(15)14-12(4,9-13)10(2)3;/h10H,5-9,13H2,1-4H3,(H,14,15);1H. The zero-order valence-electron chi connectivity index (χ0n) is 11.4. The van der Waals surface area contributed by atoms with Crippen LogP contribution >= 0.6 is 12.4 Å². The van der Waals surface area contributed by atoms with Crippen LogP contribution in [0.4, 0.5) is 0 Å². The monoisotopic (exact) mass is 266 g/mol. The molecule has 0 aliphatic rings. The van der Waals surface area contributed by atoms with Gasteiger partial charge in [-0.25, -0.2) is 0 Å². The molecule has 4 nitrogen and oxygen atoms in total. The summed E-state index contributed by atoms with van der Waals surface area (Å²) < 4.78 is 5.18. The number of amides is 1. The predicted molar refractivity (Wildman–Crippen MR) is 73.4 cm³/mol. The van der Waals surface area contributed by atoms with E-state index in [-0.39, 0.29) is 23.9 Å². The topological polar surface area (TPSA) is 64.3 Å². The summed E-state index contributed by atoms with van der Waals surface area (Å²) in [5, 5.41) is 3.00. The van der Waals surface area contributed by atoms with Gasteiger partial charge >= 0.3 is 0 Å². The van der Waals surface area contributed by atoms with E-state index in [9.17, 15) is 4.79 Å². The van der Waals surface area contributed by atoms with Gasteiger partial charge in [0.1, 0.15) is 0 Å². The maximum absolute atomic E-state index is 11.7. The van der Waals surface area contributed by atoms with E-state index in [1.165, 1.54) is 0 Å². The second-order valence-corrected chi connectivity index (χ2v) is 4.62. The third kappa shape index (κ3) is 7.58. The number of carbonyl (C=O) groups is 1. The molecular formula is C12H27ClN2O2. The van der Waals surface area contributed by atoms with Gasteiger partial charge < -0.3 is 15.8 Å². The van der Waals surface area contributed by atoms with Crippen LogP contribution in [-0.2, 0) is 9.53 Å². The van der Waals surface area contributed by atoms with Gasteiger partial charge in [0.2, 0.25) is 5.91 Å². The van der Waals surface area contributed by atoms with Gasteiger partial charge in [0.15, 0.2) is 0 Å². The van der Waals surface area contributed by atoms with E-state index in [1.807, 2.05) is 13.8 Å². The van der Waals surface area contributed by atoms with E-state index in [1.54, 1.807) is 0 Å². The van der Waals surface area contributed by atoms with Gasteiger partial charge in [0.25, 0.3) is 0 Å². The Labute approximate surface area is 111 Å². The van der Waals surface area contributed by atoms with E-state index in [0.29, 0.717) is 32.1 Å². The number of ether oxygens (including phenoxy) is 1.